The van der Waals surface area contributed by atoms with Crippen molar-refractivity contribution in [3.8, 4) is 0 Å². The molecular formula is C15H22Cl2N2O. The highest BCUT2D eigenvalue weighted by molar-refractivity contribution is 6.34. The Morgan fingerprint density at radius 2 is 1.75 bits per heavy atom. The summed E-state index contributed by atoms with van der Waals surface area (Å²) in [4.78, 5) is 2.40. The van der Waals surface area contributed by atoms with Crippen LogP contribution >= 0.6 is 23.2 Å². The second kappa shape index (κ2) is 6.63. The van der Waals surface area contributed by atoms with Crippen LogP contribution in [0, 0.1) is 5.41 Å². The van der Waals surface area contributed by atoms with Crippen molar-refractivity contribution in [2.45, 2.75) is 19.9 Å². The number of nitrogens with one attached hydrogen (secondary N) is 1. The van der Waals surface area contributed by atoms with Crippen molar-refractivity contribution in [2.75, 3.05) is 32.8 Å². The summed E-state index contributed by atoms with van der Waals surface area (Å²) in [5.74, 6) is 0. The maximum absolute atomic E-state index is 9.79. The van der Waals surface area contributed by atoms with Crippen molar-refractivity contribution in [1.29, 1.82) is 0 Å². The van der Waals surface area contributed by atoms with Crippen molar-refractivity contribution in [3.05, 3.63) is 33.8 Å². The molecule has 1 fully saturated rings. The fourth-order valence-electron chi connectivity index (χ4n) is 2.92. The second-order valence-electron chi connectivity index (χ2n) is 6.04. The van der Waals surface area contributed by atoms with Crippen molar-refractivity contribution >= 4 is 23.2 Å². The number of nitrogens with zero attached hydrogens (tertiary/aromatic N) is 1. The van der Waals surface area contributed by atoms with Crippen LogP contribution in [0.25, 0.3) is 0 Å². The maximum atomic E-state index is 9.79. The van der Waals surface area contributed by atoms with Gasteiger partial charge < -0.3 is 10.4 Å². The molecule has 1 aromatic rings. The molecule has 0 spiro atoms. The molecule has 2 rings (SSSR count). The summed E-state index contributed by atoms with van der Waals surface area (Å²) in [6, 6.07) is 5.76. The van der Waals surface area contributed by atoms with Gasteiger partial charge in [0.1, 0.15) is 0 Å². The van der Waals surface area contributed by atoms with Gasteiger partial charge in [0.2, 0.25) is 0 Å². The van der Waals surface area contributed by atoms with Gasteiger partial charge in [0.25, 0.3) is 0 Å². The first kappa shape index (κ1) is 16.1. The summed E-state index contributed by atoms with van der Waals surface area (Å²) >= 11 is 12.3. The predicted molar refractivity (Wildman–Crippen MR) is 84.5 cm³/mol. The average Bonchev–Trinajstić information content (AvgIpc) is 2.39. The third-order valence-electron chi connectivity index (χ3n) is 3.87. The summed E-state index contributed by atoms with van der Waals surface area (Å²) in [5, 5.41) is 14.4. The first-order valence-electron chi connectivity index (χ1n) is 6.95. The highest BCUT2D eigenvalue weighted by atomic mass is 35.5. The smallest absolute Gasteiger partial charge is 0.0500 e. The minimum atomic E-state index is -0.259. The minimum Gasteiger partial charge on any atom is -0.396 e. The predicted octanol–water partition coefficient (Wildman–Crippen LogP) is 2.96. The Morgan fingerprint density at radius 1 is 1.20 bits per heavy atom. The van der Waals surface area contributed by atoms with Gasteiger partial charge >= 0.3 is 0 Å². The van der Waals surface area contributed by atoms with Gasteiger partial charge in [0.05, 0.1) is 0 Å². The third-order valence-corrected chi connectivity index (χ3v) is 4.30. The van der Waals surface area contributed by atoms with Gasteiger partial charge in [-0.3, -0.25) is 4.90 Å². The van der Waals surface area contributed by atoms with Crippen LogP contribution in [0.4, 0.5) is 0 Å². The number of aliphatic hydroxyl groups excluding tert-OH is 1. The zero-order valence-electron chi connectivity index (χ0n) is 12.0. The van der Waals surface area contributed by atoms with Gasteiger partial charge in [0.15, 0.2) is 0 Å². The number of halogens is 2. The molecule has 1 aromatic carbocycles. The number of piperazine rings is 1. The van der Waals surface area contributed by atoms with E-state index in [2.05, 4.69) is 24.1 Å². The summed E-state index contributed by atoms with van der Waals surface area (Å²) in [6.45, 7) is 8.11. The van der Waals surface area contributed by atoms with E-state index in [1.165, 1.54) is 0 Å². The summed E-state index contributed by atoms with van der Waals surface area (Å²) in [6.07, 6.45) is 0. The molecule has 0 radical (unpaired) electrons. The first-order chi connectivity index (χ1) is 9.44. The number of hydrogen-bond acceptors (Lipinski definition) is 3. The third kappa shape index (κ3) is 3.66. The SMILES string of the molecule is CC(C)(CO)[C@@H](c1cc(Cl)cc(Cl)c1)N1CCNCC1. The lowest BCUT2D eigenvalue weighted by molar-refractivity contribution is 0.0305. The average molecular weight is 317 g/mol. The molecule has 112 valence electrons. The lowest BCUT2D eigenvalue weighted by Gasteiger charge is -2.43. The van der Waals surface area contributed by atoms with Crippen molar-refractivity contribution in [3.63, 3.8) is 0 Å². The monoisotopic (exact) mass is 316 g/mol. The maximum Gasteiger partial charge on any atom is 0.0500 e. The second-order valence-corrected chi connectivity index (χ2v) is 6.91. The minimum absolute atomic E-state index is 0.103. The highest BCUT2D eigenvalue weighted by Gasteiger charge is 2.35. The molecule has 0 bridgehead atoms. The molecule has 0 unspecified atom stereocenters. The normalized spacial score (nSPS) is 19.1. The Kier molecular flexibility index (Phi) is 5.32. The number of benzene rings is 1. The van der Waals surface area contributed by atoms with E-state index in [1.54, 1.807) is 6.07 Å². The molecule has 1 atom stereocenters. The largest absolute Gasteiger partial charge is 0.396 e. The Labute approximate surface area is 130 Å². The van der Waals surface area contributed by atoms with E-state index >= 15 is 0 Å². The van der Waals surface area contributed by atoms with Crippen LogP contribution in [0.15, 0.2) is 18.2 Å². The van der Waals surface area contributed by atoms with Crippen molar-refractivity contribution in [2.24, 2.45) is 5.41 Å². The Morgan fingerprint density at radius 3 is 2.25 bits per heavy atom. The standard InChI is InChI=1S/C15H22Cl2N2O/c1-15(2,10-20)14(19-5-3-18-4-6-19)11-7-12(16)9-13(17)8-11/h7-9,14,18,20H,3-6,10H2,1-2H3/t14-/m1/s1. The number of hydrogen-bond donors (Lipinski definition) is 2. The molecule has 5 heteroatoms. The molecule has 1 saturated heterocycles. The van der Waals surface area contributed by atoms with Gasteiger partial charge in [0, 0.05) is 54.3 Å². The van der Waals surface area contributed by atoms with E-state index in [9.17, 15) is 5.11 Å². The van der Waals surface area contributed by atoms with Crippen molar-refractivity contribution < 1.29 is 5.11 Å². The van der Waals surface area contributed by atoms with Gasteiger partial charge in [-0.15, -0.1) is 0 Å². The van der Waals surface area contributed by atoms with Crippen LogP contribution in [0.2, 0.25) is 10.0 Å². The lowest BCUT2D eigenvalue weighted by Crippen LogP contribution is -2.49. The summed E-state index contributed by atoms with van der Waals surface area (Å²) in [7, 11) is 0. The summed E-state index contributed by atoms with van der Waals surface area (Å²) < 4.78 is 0. The quantitative estimate of drug-likeness (QED) is 0.896. The first-order valence-corrected chi connectivity index (χ1v) is 7.71. The van der Waals surface area contributed by atoms with E-state index in [4.69, 9.17) is 23.2 Å². The van der Waals surface area contributed by atoms with Gasteiger partial charge in [-0.25, -0.2) is 0 Å². The highest BCUT2D eigenvalue weighted by Crippen LogP contribution is 2.40. The molecule has 1 aliphatic rings. The fourth-order valence-corrected chi connectivity index (χ4v) is 3.46. The van der Waals surface area contributed by atoms with E-state index < -0.39 is 0 Å². The molecule has 0 saturated carbocycles. The van der Waals surface area contributed by atoms with Gasteiger partial charge in [-0.05, 0) is 23.8 Å². The topological polar surface area (TPSA) is 35.5 Å². The van der Waals surface area contributed by atoms with E-state index in [-0.39, 0.29) is 18.1 Å². The van der Waals surface area contributed by atoms with Gasteiger partial charge in [-0.1, -0.05) is 37.0 Å². The molecule has 0 aliphatic carbocycles. The van der Waals surface area contributed by atoms with Crippen LogP contribution in [0.3, 0.4) is 0 Å². The molecule has 2 N–H and O–H groups in total. The van der Waals surface area contributed by atoms with E-state index in [0.29, 0.717) is 10.0 Å². The van der Waals surface area contributed by atoms with Crippen molar-refractivity contribution in [1.82, 2.24) is 10.2 Å². The molecule has 3 nitrogen and oxygen atoms in total. The Balaban J connectivity index is 2.39. The number of rotatable bonds is 4. The van der Waals surface area contributed by atoms with Crippen LogP contribution in [-0.4, -0.2) is 42.8 Å². The molecule has 1 aliphatic heterocycles. The van der Waals surface area contributed by atoms with Crippen LogP contribution in [0.1, 0.15) is 25.5 Å². The van der Waals surface area contributed by atoms with Crippen LogP contribution in [0.5, 0.6) is 0 Å². The number of aliphatic hydroxyl groups is 1. The van der Waals surface area contributed by atoms with E-state index in [1.807, 2.05) is 12.1 Å². The Bertz CT molecular complexity index is 439. The zero-order valence-corrected chi connectivity index (χ0v) is 13.5. The lowest BCUT2D eigenvalue weighted by atomic mass is 9.80. The zero-order chi connectivity index (χ0) is 14.8. The fraction of sp³-hybridized carbons (Fsp3) is 0.600. The molecule has 0 aromatic heterocycles. The summed E-state index contributed by atoms with van der Waals surface area (Å²) in [5.41, 5.74) is 0.814. The van der Waals surface area contributed by atoms with Crippen LogP contribution in [-0.2, 0) is 0 Å². The molecular weight excluding hydrogens is 295 g/mol. The van der Waals surface area contributed by atoms with E-state index in [0.717, 1.165) is 31.7 Å². The molecule has 1 heterocycles. The van der Waals surface area contributed by atoms with Crippen LogP contribution < -0.4 is 5.32 Å². The Hall–Kier alpha value is -0.320. The molecule has 20 heavy (non-hydrogen) atoms. The molecule has 0 amide bonds. The van der Waals surface area contributed by atoms with Gasteiger partial charge in [-0.2, -0.15) is 0 Å².